The molecule has 82 valence electrons. The minimum atomic E-state index is -0.126. The summed E-state index contributed by atoms with van der Waals surface area (Å²) in [5.41, 5.74) is 0.504. The van der Waals surface area contributed by atoms with Crippen LogP contribution in [-0.2, 0) is 0 Å². The molecule has 1 amide bonds. The van der Waals surface area contributed by atoms with Crippen LogP contribution in [0.4, 0.5) is 0 Å². The lowest BCUT2D eigenvalue weighted by molar-refractivity contribution is 0.0953. The van der Waals surface area contributed by atoms with E-state index in [0.717, 1.165) is 17.3 Å². The number of benzene rings is 1. The fourth-order valence-electron chi connectivity index (χ4n) is 1.17. The highest BCUT2D eigenvalue weighted by molar-refractivity contribution is 14.1. The summed E-state index contributed by atoms with van der Waals surface area (Å²) in [5, 5.41) is 12.0. The number of hydrogen-bond acceptors (Lipinski definition) is 2. The lowest BCUT2D eigenvalue weighted by atomic mass is 10.2. The Kier molecular flexibility index (Phi) is 5.45. The van der Waals surface area contributed by atoms with Crippen LogP contribution in [0.25, 0.3) is 0 Å². The van der Waals surface area contributed by atoms with Crippen LogP contribution >= 0.6 is 22.6 Å². The van der Waals surface area contributed by atoms with Crippen molar-refractivity contribution < 1.29 is 9.90 Å². The summed E-state index contributed by atoms with van der Waals surface area (Å²) in [6.07, 6.45) is 2.11. The first-order valence-electron chi connectivity index (χ1n) is 4.87. The standard InChI is InChI=1S/C11H14INO2/c12-6-1-2-7-13-11(15)9-4-3-5-10(14)8-9/h3-5,8,14H,1-2,6-7H2,(H,13,15). The second-order valence-corrected chi connectivity index (χ2v) is 4.28. The molecule has 0 bridgehead atoms. The lowest BCUT2D eigenvalue weighted by Crippen LogP contribution is -2.24. The van der Waals surface area contributed by atoms with Crippen molar-refractivity contribution in [2.45, 2.75) is 12.8 Å². The number of phenols is 1. The third-order valence-electron chi connectivity index (χ3n) is 1.95. The third kappa shape index (κ3) is 4.51. The maximum absolute atomic E-state index is 11.5. The predicted octanol–water partition coefficient (Wildman–Crippen LogP) is 2.34. The van der Waals surface area contributed by atoms with Crippen LogP contribution in [0.5, 0.6) is 5.75 Å². The Morgan fingerprint density at radius 3 is 2.87 bits per heavy atom. The van der Waals surface area contributed by atoms with E-state index in [1.807, 2.05) is 0 Å². The molecule has 0 aliphatic carbocycles. The molecule has 0 heterocycles. The maximum atomic E-state index is 11.5. The molecule has 2 N–H and O–H groups in total. The average Bonchev–Trinajstić information content (AvgIpc) is 2.24. The summed E-state index contributed by atoms with van der Waals surface area (Å²) in [7, 11) is 0. The number of unbranched alkanes of at least 4 members (excludes halogenated alkanes) is 1. The second-order valence-electron chi connectivity index (χ2n) is 3.20. The molecule has 1 aromatic carbocycles. The van der Waals surface area contributed by atoms with E-state index in [9.17, 15) is 9.90 Å². The highest BCUT2D eigenvalue weighted by atomic mass is 127. The van der Waals surface area contributed by atoms with Gasteiger partial charge in [0.15, 0.2) is 0 Å². The van der Waals surface area contributed by atoms with Crippen molar-refractivity contribution >= 4 is 28.5 Å². The normalized spacial score (nSPS) is 9.93. The quantitative estimate of drug-likeness (QED) is 0.497. The molecule has 0 aliphatic heterocycles. The summed E-state index contributed by atoms with van der Waals surface area (Å²) in [5.74, 6) is -0.00531. The maximum Gasteiger partial charge on any atom is 0.251 e. The van der Waals surface area contributed by atoms with E-state index in [2.05, 4.69) is 27.9 Å². The number of aromatic hydroxyl groups is 1. The molecule has 0 radical (unpaired) electrons. The Labute approximate surface area is 103 Å². The molecular weight excluding hydrogens is 305 g/mol. The van der Waals surface area contributed by atoms with Crippen molar-refractivity contribution in [3.05, 3.63) is 29.8 Å². The lowest BCUT2D eigenvalue weighted by Gasteiger charge is -2.04. The number of carbonyl (C=O) groups excluding carboxylic acids is 1. The first-order chi connectivity index (χ1) is 7.24. The van der Waals surface area contributed by atoms with Crippen LogP contribution in [0.15, 0.2) is 24.3 Å². The molecule has 1 rings (SSSR count). The molecule has 0 aromatic heterocycles. The number of nitrogens with one attached hydrogen (secondary N) is 1. The van der Waals surface area contributed by atoms with Gasteiger partial charge in [-0.1, -0.05) is 28.7 Å². The first kappa shape index (κ1) is 12.3. The van der Waals surface area contributed by atoms with E-state index < -0.39 is 0 Å². The summed E-state index contributed by atoms with van der Waals surface area (Å²) in [6.45, 7) is 0.692. The van der Waals surface area contributed by atoms with Crippen molar-refractivity contribution in [1.82, 2.24) is 5.32 Å². The van der Waals surface area contributed by atoms with E-state index in [-0.39, 0.29) is 11.7 Å². The fraction of sp³-hybridized carbons (Fsp3) is 0.364. The van der Waals surface area contributed by atoms with Gasteiger partial charge in [0, 0.05) is 12.1 Å². The van der Waals surface area contributed by atoms with Gasteiger partial charge in [0.2, 0.25) is 0 Å². The first-order valence-corrected chi connectivity index (χ1v) is 6.40. The van der Waals surface area contributed by atoms with Gasteiger partial charge in [0.1, 0.15) is 5.75 Å². The van der Waals surface area contributed by atoms with E-state index >= 15 is 0 Å². The number of hydrogen-bond donors (Lipinski definition) is 2. The predicted molar refractivity (Wildman–Crippen MR) is 68.6 cm³/mol. The Balaban J connectivity index is 2.40. The smallest absolute Gasteiger partial charge is 0.251 e. The number of rotatable bonds is 5. The molecule has 4 heteroatoms. The van der Waals surface area contributed by atoms with Crippen molar-refractivity contribution in [3.63, 3.8) is 0 Å². The SMILES string of the molecule is O=C(NCCCCI)c1cccc(O)c1. The topological polar surface area (TPSA) is 49.3 Å². The molecule has 0 atom stereocenters. The Hall–Kier alpha value is -0.780. The zero-order valence-electron chi connectivity index (χ0n) is 8.37. The molecule has 1 aromatic rings. The van der Waals surface area contributed by atoms with Gasteiger partial charge < -0.3 is 10.4 Å². The van der Waals surface area contributed by atoms with Crippen LogP contribution in [0, 0.1) is 0 Å². The van der Waals surface area contributed by atoms with Crippen molar-refractivity contribution in [2.24, 2.45) is 0 Å². The molecule has 15 heavy (non-hydrogen) atoms. The second kappa shape index (κ2) is 6.66. The highest BCUT2D eigenvalue weighted by Gasteiger charge is 2.04. The zero-order chi connectivity index (χ0) is 11.1. The number of halogens is 1. The average molecular weight is 319 g/mol. The molecule has 0 spiro atoms. The van der Waals surface area contributed by atoms with Gasteiger partial charge in [0.05, 0.1) is 0 Å². The monoisotopic (exact) mass is 319 g/mol. The van der Waals surface area contributed by atoms with Crippen LogP contribution in [0.2, 0.25) is 0 Å². The number of carbonyl (C=O) groups is 1. The van der Waals surface area contributed by atoms with Crippen LogP contribution in [0.3, 0.4) is 0 Å². The minimum Gasteiger partial charge on any atom is -0.508 e. The van der Waals surface area contributed by atoms with Crippen LogP contribution < -0.4 is 5.32 Å². The van der Waals surface area contributed by atoms with Gasteiger partial charge in [0.25, 0.3) is 5.91 Å². The molecule has 3 nitrogen and oxygen atoms in total. The molecular formula is C11H14INO2. The molecule has 0 saturated carbocycles. The fourth-order valence-corrected chi connectivity index (χ4v) is 1.71. The Bertz CT molecular complexity index is 328. The summed E-state index contributed by atoms with van der Waals surface area (Å²) >= 11 is 2.31. The Morgan fingerprint density at radius 2 is 2.20 bits per heavy atom. The summed E-state index contributed by atoms with van der Waals surface area (Å²) < 4.78 is 1.11. The van der Waals surface area contributed by atoms with Crippen LogP contribution in [-0.4, -0.2) is 22.0 Å². The summed E-state index contributed by atoms with van der Waals surface area (Å²) in [4.78, 5) is 11.5. The summed E-state index contributed by atoms with van der Waals surface area (Å²) in [6, 6.07) is 6.36. The van der Waals surface area contributed by atoms with E-state index in [0.29, 0.717) is 12.1 Å². The van der Waals surface area contributed by atoms with E-state index in [1.54, 1.807) is 18.2 Å². The van der Waals surface area contributed by atoms with Crippen molar-refractivity contribution in [2.75, 3.05) is 11.0 Å². The molecule has 0 aliphatic rings. The largest absolute Gasteiger partial charge is 0.508 e. The molecule has 0 unspecified atom stereocenters. The molecule has 0 fully saturated rings. The Morgan fingerprint density at radius 1 is 1.40 bits per heavy atom. The van der Waals surface area contributed by atoms with E-state index in [1.165, 1.54) is 6.07 Å². The van der Waals surface area contributed by atoms with Gasteiger partial charge >= 0.3 is 0 Å². The van der Waals surface area contributed by atoms with Crippen LogP contribution in [0.1, 0.15) is 23.2 Å². The number of phenolic OH excluding ortho intramolecular Hbond substituents is 1. The van der Waals surface area contributed by atoms with Gasteiger partial charge in [-0.2, -0.15) is 0 Å². The van der Waals surface area contributed by atoms with Gasteiger partial charge in [-0.05, 0) is 35.5 Å². The zero-order valence-corrected chi connectivity index (χ0v) is 10.5. The number of alkyl halides is 1. The van der Waals surface area contributed by atoms with Gasteiger partial charge in [-0.15, -0.1) is 0 Å². The van der Waals surface area contributed by atoms with E-state index in [4.69, 9.17) is 0 Å². The highest BCUT2D eigenvalue weighted by Crippen LogP contribution is 2.10. The van der Waals surface area contributed by atoms with Crippen molar-refractivity contribution in [3.8, 4) is 5.75 Å². The molecule has 0 saturated heterocycles. The van der Waals surface area contributed by atoms with Crippen molar-refractivity contribution in [1.29, 1.82) is 0 Å². The minimum absolute atomic E-state index is 0.120. The third-order valence-corrected chi connectivity index (χ3v) is 2.72. The number of amides is 1. The van der Waals surface area contributed by atoms with Gasteiger partial charge in [-0.25, -0.2) is 0 Å². The van der Waals surface area contributed by atoms with Gasteiger partial charge in [-0.3, -0.25) is 4.79 Å².